The van der Waals surface area contributed by atoms with Crippen molar-refractivity contribution in [2.45, 2.75) is 6.54 Å². The van der Waals surface area contributed by atoms with Gasteiger partial charge in [0.05, 0.1) is 5.00 Å². The molecule has 0 fully saturated rings. The molecule has 0 aliphatic rings. The highest BCUT2D eigenvalue weighted by Crippen LogP contribution is 2.24. The number of hydrogen-bond acceptors (Lipinski definition) is 4. The van der Waals surface area contributed by atoms with Gasteiger partial charge >= 0.3 is 0 Å². The first kappa shape index (κ1) is 12.2. The summed E-state index contributed by atoms with van der Waals surface area (Å²) in [6, 6.07) is 5.33. The Hall–Kier alpha value is -1.24. The molecule has 0 aliphatic heterocycles. The number of thiophene rings is 1. The van der Waals surface area contributed by atoms with Crippen LogP contribution in [-0.2, 0) is 6.54 Å². The molecular formula is C11H10BrN3OS. The van der Waals surface area contributed by atoms with E-state index in [1.54, 1.807) is 18.3 Å². The molecule has 2 heterocycles. The second-order valence-corrected chi connectivity index (χ2v) is 5.16. The molecule has 0 unspecified atom stereocenters. The van der Waals surface area contributed by atoms with E-state index < -0.39 is 0 Å². The number of amides is 1. The maximum Gasteiger partial charge on any atom is 0.274 e. The van der Waals surface area contributed by atoms with Crippen molar-refractivity contribution in [3.05, 3.63) is 45.5 Å². The number of nitrogens with zero attached hydrogens (tertiary/aromatic N) is 1. The Balaban J connectivity index is 2.14. The summed E-state index contributed by atoms with van der Waals surface area (Å²) in [5.74, 6) is -0.227. The van der Waals surface area contributed by atoms with Crippen LogP contribution < -0.4 is 11.1 Å². The van der Waals surface area contributed by atoms with Gasteiger partial charge in [-0.05, 0) is 39.7 Å². The summed E-state index contributed by atoms with van der Waals surface area (Å²) in [5, 5.41) is 5.46. The zero-order valence-corrected chi connectivity index (χ0v) is 11.2. The Bertz CT molecular complexity index is 541. The summed E-state index contributed by atoms with van der Waals surface area (Å²) in [6.45, 7) is 0.396. The highest BCUT2D eigenvalue weighted by molar-refractivity contribution is 9.10. The van der Waals surface area contributed by atoms with Crippen LogP contribution in [0.15, 0.2) is 34.2 Å². The molecule has 0 aromatic carbocycles. The van der Waals surface area contributed by atoms with E-state index in [1.165, 1.54) is 11.3 Å². The van der Waals surface area contributed by atoms with Crippen LogP contribution in [0.5, 0.6) is 0 Å². The molecule has 0 radical (unpaired) electrons. The van der Waals surface area contributed by atoms with Crippen LogP contribution in [0.4, 0.5) is 5.00 Å². The number of nitrogens with one attached hydrogen (secondary N) is 1. The van der Waals surface area contributed by atoms with Crippen molar-refractivity contribution in [2.75, 3.05) is 5.32 Å². The number of aromatic nitrogens is 1. The van der Waals surface area contributed by atoms with Gasteiger partial charge in [-0.1, -0.05) is 0 Å². The quantitative estimate of drug-likeness (QED) is 0.915. The van der Waals surface area contributed by atoms with Crippen LogP contribution in [0.1, 0.15) is 16.1 Å². The van der Waals surface area contributed by atoms with Gasteiger partial charge in [-0.2, -0.15) is 0 Å². The molecule has 6 heteroatoms. The summed E-state index contributed by atoms with van der Waals surface area (Å²) < 4.78 is 0.946. The van der Waals surface area contributed by atoms with Gasteiger partial charge in [-0.3, -0.25) is 9.78 Å². The number of hydrogen-bond donors (Lipinski definition) is 2. The Morgan fingerprint density at radius 2 is 2.35 bits per heavy atom. The molecule has 88 valence electrons. The van der Waals surface area contributed by atoms with Crippen LogP contribution in [0.3, 0.4) is 0 Å². The second kappa shape index (κ2) is 5.39. The smallest absolute Gasteiger partial charge is 0.274 e. The SMILES string of the molecule is NCc1ccnc(C(=O)Nc2cc(Br)cs2)c1. The fourth-order valence-corrected chi connectivity index (χ4v) is 2.60. The minimum absolute atomic E-state index is 0.227. The third kappa shape index (κ3) is 3.12. The lowest BCUT2D eigenvalue weighted by atomic mass is 10.2. The van der Waals surface area contributed by atoms with Crippen molar-refractivity contribution < 1.29 is 4.79 Å². The number of rotatable bonds is 3. The Morgan fingerprint density at radius 3 is 3.00 bits per heavy atom. The second-order valence-electron chi connectivity index (χ2n) is 3.34. The molecule has 0 saturated carbocycles. The molecule has 0 spiro atoms. The average Bonchev–Trinajstić information content (AvgIpc) is 2.75. The first-order chi connectivity index (χ1) is 8.19. The number of anilines is 1. The molecule has 2 aromatic heterocycles. The summed E-state index contributed by atoms with van der Waals surface area (Å²) in [5.41, 5.74) is 6.77. The van der Waals surface area contributed by atoms with Crippen molar-refractivity contribution in [1.82, 2.24) is 4.98 Å². The van der Waals surface area contributed by atoms with Gasteiger partial charge in [-0.15, -0.1) is 11.3 Å². The predicted octanol–water partition coefficient (Wildman–Crippen LogP) is 2.62. The maximum absolute atomic E-state index is 11.9. The molecule has 2 rings (SSSR count). The van der Waals surface area contributed by atoms with E-state index in [2.05, 4.69) is 26.2 Å². The van der Waals surface area contributed by atoms with Crippen molar-refractivity contribution >= 4 is 38.2 Å². The van der Waals surface area contributed by atoms with Crippen LogP contribution >= 0.6 is 27.3 Å². The van der Waals surface area contributed by atoms with E-state index in [0.29, 0.717) is 12.2 Å². The van der Waals surface area contributed by atoms with Gasteiger partial charge in [0.25, 0.3) is 5.91 Å². The minimum atomic E-state index is -0.227. The average molecular weight is 312 g/mol. The zero-order valence-electron chi connectivity index (χ0n) is 8.81. The van der Waals surface area contributed by atoms with Crippen LogP contribution in [0, 0.1) is 0 Å². The van der Waals surface area contributed by atoms with Gasteiger partial charge in [0.2, 0.25) is 0 Å². The normalized spacial score (nSPS) is 10.2. The molecule has 3 N–H and O–H groups in total. The van der Waals surface area contributed by atoms with Gasteiger partial charge in [0, 0.05) is 22.6 Å². The molecule has 0 atom stereocenters. The van der Waals surface area contributed by atoms with Crippen molar-refractivity contribution in [1.29, 1.82) is 0 Å². The molecule has 1 amide bonds. The predicted molar refractivity (Wildman–Crippen MR) is 72.1 cm³/mol. The molecule has 4 nitrogen and oxygen atoms in total. The van der Waals surface area contributed by atoms with E-state index in [1.807, 2.05) is 11.4 Å². The van der Waals surface area contributed by atoms with E-state index in [-0.39, 0.29) is 5.91 Å². The molecular weight excluding hydrogens is 302 g/mol. The van der Waals surface area contributed by atoms with E-state index in [9.17, 15) is 4.79 Å². The zero-order chi connectivity index (χ0) is 12.3. The van der Waals surface area contributed by atoms with E-state index in [0.717, 1.165) is 15.0 Å². The molecule has 17 heavy (non-hydrogen) atoms. The van der Waals surface area contributed by atoms with Crippen LogP contribution in [0.25, 0.3) is 0 Å². The molecule has 0 bridgehead atoms. The first-order valence-corrected chi connectivity index (χ1v) is 6.56. The molecule has 2 aromatic rings. The highest BCUT2D eigenvalue weighted by Gasteiger charge is 2.09. The highest BCUT2D eigenvalue weighted by atomic mass is 79.9. The largest absolute Gasteiger partial charge is 0.326 e. The topological polar surface area (TPSA) is 68.0 Å². The molecule has 0 aliphatic carbocycles. The lowest BCUT2D eigenvalue weighted by molar-refractivity contribution is 0.102. The minimum Gasteiger partial charge on any atom is -0.326 e. The standard InChI is InChI=1S/C11H10BrN3OS/c12-8-4-10(17-6-8)15-11(16)9-3-7(5-13)1-2-14-9/h1-4,6H,5,13H2,(H,15,16). The van der Waals surface area contributed by atoms with Crippen LogP contribution in [-0.4, -0.2) is 10.9 Å². The fraction of sp³-hybridized carbons (Fsp3) is 0.0909. The van der Waals surface area contributed by atoms with Gasteiger partial charge in [0.15, 0.2) is 0 Å². The van der Waals surface area contributed by atoms with Crippen molar-refractivity contribution in [3.63, 3.8) is 0 Å². The van der Waals surface area contributed by atoms with E-state index in [4.69, 9.17) is 5.73 Å². The van der Waals surface area contributed by atoms with E-state index >= 15 is 0 Å². The number of carbonyl (C=O) groups excluding carboxylic acids is 1. The number of carbonyl (C=O) groups is 1. The number of pyridine rings is 1. The Labute approximate surface area is 111 Å². The van der Waals surface area contributed by atoms with Crippen molar-refractivity contribution in [2.24, 2.45) is 5.73 Å². The van der Waals surface area contributed by atoms with Gasteiger partial charge in [-0.25, -0.2) is 0 Å². The lowest BCUT2D eigenvalue weighted by Crippen LogP contribution is -2.13. The van der Waals surface area contributed by atoms with Crippen molar-refractivity contribution in [3.8, 4) is 0 Å². The van der Waals surface area contributed by atoms with Gasteiger partial charge < -0.3 is 11.1 Å². The van der Waals surface area contributed by atoms with Crippen LogP contribution in [0.2, 0.25) is 0 Å². The Kier molecular flexibility index (Phi) is 3.88. The number of halogens is 1. The number of nitrogens with two attached hydrogens (primary N) is 1. The fourth-order valence-electron chi connectivity index (χ4n) is 1.28. The summed E-state index contributed by atoms with van der Waals surface area (Å²) in [4.78, 5) is 15.9. The third-order valence-electron chi connectivity index (χ3n) is 2.10. The lowest BCUT2D eigenvalue weighted by Gasteiger charge is -2.03. The summed E-state index contributed by atoms with van der Waals surface area (Å²) in [7, 11) is 0. The monoisotopic (exact) mass is 311 g/mol. The summed E-state index contributed by atoms with van der Waals surface area (Å²) >= 11 is 4.78. The Morgan fingerprint density at radius 1 is 1.53 bits per heavy atom. The first-order valence-electron chi connectivity index (χ1n) is 4.89. The maximum atomic E-state index is 11.9. The summed E-state index contributed by atoms with van der Waals surface area (Å²) in [6.07, 6.45) is 1.58. The van der Waals surface area contributed by atoms with Gasteiger partial charge in [0.1, 0.15) is 5.69 Å². The molecule has 0 saturated heterocycles. The third-order valence-corrected chi connectivity index (χ3v) is 3.70.